The molecule has 0 aromatic heterocycles. The highest BCUT2D eigenvalue weighted by atomic mass is 15.2. The molecule has 5 rings (SSSR count). The lowest BCUT2D eigenvalue weighted by molar-refractivity contribution is 0.110. The summed E-state index contributed by atoms with van der Waals surface area (Å²) in [7, 11) is 0. The largest absolute Gasteiger partial charge is 0.0622 e. The first-order chi connectivity index (χ1) is 11.2. The monoisotopic (exact) mass is 316 g/mol. The van der Waals surface area contributed by atoms with Gasteiger partial charge in [0.1, 0.15) is 0 Å². The summed E-state index contributed by atoms with van der Waals surface area (Å²) in [5.74, 6) is 0. The van der Waals surface area contributed by atoms with E-state index in [4.69, 9.17) is 0 Å². The molecule has 0 saturated heterocycles. The van der Waals surface area contributed by atoms with E-state index in [1.165, 1.54) is 0 Å². The molecule has 3 saturated carbocycles. The van der Waals surface area contributed by atoms with Crippen molar-refractivity contribution >= 4 is 0 Å². The lowest BCUT2D eigenvalue weighted by Gasteiger charge is -2.48. The van der Waals surface area contributed by atoms with Gasteiger partial charge in [0.15, 0.2) is 0 Å². The summed E-state index contributed by atoms with van der Waals surface area (Å²) in [4.78, 5) is 0. The summed E-state index contributed by atoms with van der Waals surface area (Å²) in [6.45, 7) is 15.2. The van der Waals surface area contributed by atoms with Crippen LogP contribution in [0, 0.1) is 21.7 Å². The lowest BCUT2D eigenvalue weighted by atomic mass is 9.54. The summed E-state index contributed by atoms with van der Waals surface area (Å²) in [6, 6.07) is 22.7. The molecule has 0 aliphatic heterocycles. The highest BCUT2D eigenvalue weighted by molar-refractivity contribution is 5.75. The Morgan fingerprint density at radius 3 is 1.04 bits per heavy atom. The van der Waals surface area contributed by atoms with Crippen molar-refractivity contribution in [3.63, 3.8) is 0 Å². The molecule has 0 unspecified atom stereocenters. The van der Waals surface area contributed by atoms with E-state index in [2.05, 4.69) is 102 Å². The first-order valence-electron chi connectivity index (χ1n) is 9.32. The molecule has 0 heteroatoms. The molecule has 124 valence electrons. The summed E-state index contributed by atoms with van der Waals surface area (Å²) in [6.07, 6.45) is 0. The predicted octanol–water partition coefficient (Wildman–Crippen LogP) is 5.97. The second kappa shape index (κ2) is 3.52. The van der Waals surface area contributed by atoms with Crippen molar-refractivity contribution in [2.75, 3.05) is 0 Å². The maximum absolute atomic E-state index is 2.57. The van der Waals surface area contributed by atoms with Gasteiger partial charge < -0.3 is 0 Å². The number of hydrogen-bond acceptors (Lipinski definition) is 0. The zero-order valence-electron chi connectivity index (χ0n) is 15.8. The van der Waals surface area contributed by atoms with Crippen molar-refractivity contribution in [2.45, 2.75) is 52.4 Å². The molecule has 2 aromatic carbocycles. The minimum atomic E-state index is 0.244. The first kappa shape index (κ1) is 14.8. The van der Waals surface area contributed by atoms with E-state index in [1.807, 2.05) is 0 Å². The molecule has 0 N–H and O–H groups in total. The summed E-state index contributed by atoms with van der Waals surface area (Å²) in [5, 5.41) is 0. The molecule has 3 aliphatic carbocycles. The van der Waals surface area contributed by atoms with Gasteiger partial charge in [-0.1, -0.05) is 102 Å². The van der Waals surface area contributed by atoms with Crippen LogP contribution in [-0.2, 0) is 10.8 Å². The van der Waals surface area contributed by atoms with Crippen LogP contribution >= 0.6 is 0 Å². The van der Waals surface area contributed by atoms with Crippen molar-refractivity contribution < 1.29 is 0 Å². The fourth-order valence-electron chi connectivity index (χ4n) is 8.92. The van der Waals surface area contributed by atoms with Gasteiger partial charge in [0, 0.05) is 10.8 Å². The van der Waals surface area contributed by atoms with Gasteiger partial charge in [-0.25, -0.2) is 0 Å². The minimum Gasteiger partial charge on any atom is -0.0622 e. The maximum Gasteiger partial charge on any atom is 0.0182 e. The molecule has 3 fully saturated rings. The molecular weight excluding hydrogens is 288 g/mol. The van der Waals surface area contributed by atoms with E-state index in [9.17, 15) is 0 Å². The van der Waals surface area contributed by atoms with Crippen LogP contribution in [0.25, 0.3) is 0 Å². The zero-order valence-corrected chi connectivity index (χ0v) is 15.8. The number of rotatable bonds is 2. The average Bonchev–Trinajstić information content (AvgIpc) is 3.14. The van der Waals surface area contributed by atoms with Gasteiger partial charge in [-0.3, -0.25) is 0 Å². The topological polar surface area (TPSA) is 0 Å². The van der Waals surface area contributed by atoms with E-state index >= 15 is 0 Å². The van der Waals surface area contributed by atoms with E-state index in [1.54, 1.807) is 11.1 Å². The predicted molar refractivity (Wildman–Crippen MR) is 100 cm³/mol. The first-order valence-corrected chi connectivity index (χ1v) is 9.32. The van der Waals surface area contributed by atoms with Crippen LogP contribution < -0.4 is 0 Å². The lowest BCUT2D eigenvalue weighted by Crippen LogP contribution is -2.49. The fourth-order valence-corrected chi connectivity index (χ4v) is 8.92. The van der Waals surface area contributed by atoms with Crippen LogP contribution in [0.1, 0.15) is 52.7 Å². The summed E-state index contributed by atoms with van der Waals surface area (Å²) in [5.41, 5.74) is 4.93. The van der Waals surface area contributed by atoms with Crippen LogP contribution in [-0.4, -0.2) is 0 Å². The van der Waals surface area contributed by atoms with Crippen molar-refractivity contribution in [2.24, 2.45) is 21.7 Å². The molecule has 0 radical (unpaired) electrons. The molecule has 0 nitrogen and oxygen atoms in total. The van der Waals surface area contributed by atoms with E-state index in [0.717, 1.165) is 0 Å². The highest BCUT2D eigenvalue weighted by Gasteiger charge is 3.14. The second-order valence-corrected chi connectivity index (χ2v) is 9.73. The molecular formula is C24H28. The van der Waals surface area contributed by atoms with E-state index < -0.39 is 0 Å². The van der Waals surface area contributed by atoms with Gasteiger partial charge in [-0.2, -0.15) is 0 Å². The van der Waals surface area contributed by atoms with Crippen molar-refractivity contribution in [3.05, 3.63) is 71.8 Å². The molecule has 2 aromatic rings. The van der Waals surface area contributed by atoms with Crippen LogP contribution in [0.15, 0.2) is 60.7 Å². The molecule has 3 aliphatic rings. The van der Waals surface area contributed by atoms with Crippen molar-refractivity contribution in [3.8, 4) is 0 Å². The Kier molecular flexibility index (Phi) is 2.16. The quantitative estimate of drug-likeness (QED) is 0.640. The van der Waals surface area contributed by atoms with Gasteiger partial charge in [0.2, 0.25) is 0 Å². The Labute approximate surface area is 146 Å². The number of fused-ring (bicyclic) bond motifs is 4. The van der Waals surface area contributed by atoms with Crippen LogP contribution in [0.2, 0.25) is 0 Å². The van der Waals surface area contributed by atoms with Crippen molar-refractivity contribution in [1.82, 2.24) is 0 Å². The normalized spacial score (nSPS) is 45.6. The number of benzene rings is 2. The minimum absolute atomic E-state index is 0.244. The number of hydrogen-bond donors (Lipinski definition) is 0. The molecule has 0 heterocycles. The Morgan fingerprint density at radius 2 is 0.750 bits per heavy atom. The van der Waals surface area contributed by atoms with E-state index in [-0.39, 0.29) is 10.8 Å². The molecule has 0 bridgehead atoms. The van der Waals surface area contributed by atoms with Crippen LogP contribution in [0.5, 0.6) is 0 Å². The Morgan fingerprint density at radius 1 is 0.458 bits per heavy atom. The van der Waals surface area contributed by atoms with Gasteiger partial charge in [-0.15, -0.1) is 0 Å². The zero-order chi connectivity index (χ0) is 17.2. The Balaban J connectivity index is 1.87. The van der Waals surface area contributed by atoms with Gasteiger partial charge >= 0.3 is 0 Å². The average molecular weight is 316 g/mol. The van der Waals surface area contributed by atoms with Crippen LogP contribution in [0.3, 0.4) is 0 Å². The maximum atomic E-state index is 2.57. The molecule has 0 amide bonds. The SMILES string of the molecule is CC1(C)[C@@]2(C)[C@]3(C)C(C)(C)[C@]3(c3ccccc3)[C@@]12c1ccccc1. The molecule has 0 spiro atoms. The van der Waals surface area contributed by atoms with Gasteiger partial charge in [-0.05, 0) is 32.8 Å². The van der Waals surface area contributed by atoms with E-state index in [0.29, 0.717) is 21.7 Å². The standard InChI is InChI=1S/C24H28/c1-19(2)21(5)22(6)20(3,4)24(22,18-15-11-8-12-16-18)23(19,21)17-13-9-7-10-14-17/h7-16H,1-6H3/t21-,22-,23-,24-/m0/s1. The Bertz CT molecular complexity index is 773. The molecule has 24 heavy (non-hydrogen) atoms. The molecule has 4 atom stereocenters. The third-order valence-corrected chi connectivity index (χ3v) is 9.73. The highest BCUT2D eigenvalue weighted by Crippen LogP contribution is 3.14. The third kappa shape index (κ3) is 0.866. The fraction of sp³-hybridized carbons (Fsp3) is 0.500. The smallest absolute Gasteiger partial charge is 0.0182 e. The second-order valence-electron chi connectivity index (χ2n) is 9.73. The van der Waals surface area contributed by atoms with Gasteiger partial charge in [0.05, 0.1) is 0 Å². The third-order valence-electron chi connectivity index (χ3n) is 9.73. The van der Waals surface area contributed by atoms with Crippen molar-refractivity contribution in [1.29, 1.82) is 0 Å². The summed E-state index contributed by atoms with van der Waals surface area (Å²) < 4.78 is 0. The Hall–Kier alpha value is -1.56. The van der Waals surface area contributed by atoms with Crippen LogP contribution in [0.4, 0.5) is 0 Å². The summed E-state index contributed by atoms with van der Waals surface area (Å²) >= 11 is 0. The van der Waals surface area contributed by atoms with Gasteiger partial charge in [0.25, 0.3) is 0 Å².